The van der Waals surface area contributed by atoms with Gasteiger partial charge in [-0.1, -0.05) is 5.11 Å². The molecule has 3 rings (SSSR count). The summed E-state index contributed by atoms with van der Waals surface area (Å²) in [5, 5.41) is 25.5. The van der Waals surface area contributed by atoms with Crippen LogP contribution in [0.15, 0.2) is 16.4 Å². The minimum absolute atomic E-state index is 0.0325. The highest BCUT2D eigenvalue weighted by Gasteiger charge is 2.56. The molecule has 25 heavy (non-hydrogen) atoms. The number of alkyl halides is 1. The Bertz CT molecular complexity index is 735. The van der Waals surface area contributed by atoms with Gasteiger partial charge in [-0.3, -0.25) is 4.57 Å². The number of fused-ring (bicyclic) bond motifs is 1. The fraction of sp³-hybridized carbons (Fsp3) is 0.667. The summed E-state index contributed by atoms with van der Waals surface area (Å²) in [6.07, 6.45) is -4.74. The molecule has 1 aromatic rings. The fourth-order valence-electron chi connectivity index (χ4n) is 2.77. The van der Waals surface area contributed by atoms with E-state index in [9.17, 15) is 14.6 Å². The van der Waals surface area contributed by atoms with Crippen molar-refractivity contribution in [1.82, 2.24) is 14.9 Å². The SMILES string of the molecule is CCOC1NC(N)=Nc2c1ncn2[C@@H]1O[C@@](CO)(N=[N+]=[N-])[C@@H](O)[C@H]1F. The molecule has 13 heteroatoms. The molecule has 0 spiro atoms. The highest BCUT2D eigenvalue weighted by atomic mass is 19.1. The molecule has 3 heterocycles. The number of nitrogens with one attached hydrogen (secondary N) is 1. The summed E-state index contributed by atoms with van der Waals surface area (Å²) in [7, 11) is 0. The number of guanidine groups is 1. The van der Waals surface area contributed by atoms with E-state index in [2.05, 4.69) is 25.3 Å². The number of aliphatic hydroxyl groups is 2. The van der Waals surface area contributed by atoms with E-state index in [1.807, 2.05) is 0 Å². The first kappa shape index (κ1) is 17.4. The number of hydrogen-bond donors (Lipinski definition) is 4. The van der Waals surface area contributed by atoms with Crippen LogP contribution in [0.5, 0.6) is 0 Å². The molecule has 5 N–H and O–H groups in total. The predicted molar refractivity (Wildman–Crippen MR) is 81.0 cm³/mol. The number of aliphatic hydroxyl groups excluding tert-OH is 2. The maximum Gasteiger partial charge on any atom is 0.201 e. The number of ether oxygens (including phenoxy) is 2. The Kier molecular flexibility index (Phi) is 4.49. The average Bonchev–Trinajstić information content (AvgIpc) is 3.10. The second-order valence-corrected chi connectivity index (χ2v) is 5.43. The van der Waals surface area contributed by atoms with Crippen molar-refractivity contribution in [3.8, 4) is 0 Å². The van der Waals surface area contributed by atoms with Gasteiger partial charge in [-0.25, -0.2) is 9.37 Å². The van der Waals surface area contributed by atoms with Gasteiger partial charge >= 0.3 is 0 Å². The average molecular weight is 356 g/mol. The van der Waals surface area contributed by atoms with Crippen molar-refractivity contribution < 1.29 is 24.1 Å². The van der Waals surface area contributed by atoms with E-state index in [0.29, 0.717) is 12.3 Å². The molecular formula is C12H17FN8O4. The number of rotatable bonds is 5. The lowest BCUT2D eigenvalue weighted by Crippen LogP contribution is -2.43. The molecule has 0 radical (unpaired) electrons. The Morgan fingerprint density at radius 2 is 2.44 bits per heavy atom. The van der Waals surface area contributed by atoms with Crippen molar-refractivity contribution >= 4 is 11.8 Å². The lowest BCUT2D eigenvalue weighted by Gasteiger charge is -2.25. The van der Waals surface area contributed by atoms with E-state index in [-0.39, 0.29) is 11.8 Å². The first-order valence-electron chi connectivity index (χ1n) is 7.43. The molecule has 136 valence electrons. The van der Waals surface area contributed by atoms with E-state index in [4.69, 9.17) is 20.7 Å². The fourth-order valence-corrected chi connectivity index (χ4v) is 2.77. The minimum atomic E-state index is -2.14. The molecule has 0 amide bonds. The Balaban J connectivity index is 2.01. The third-order valence-corrected chi connectivity index (χ3v) is 3.96. The quantitative estimate of drug-likeness (QED) is 0.318. The first-order valence-corrected chi connectivity index (χ1v) is 7.43. The lowest BCUT2D eigenvalue weighted by molar-refractivity contribution is -0.123. The summed E-state index contributed by atoms with van der Waals surface area (Å²) in [4.78, 5) is 10.7. The van der Waals surface area contributed by atoms with E-state index >= 15 is 0 Å². The van der Waals surface area contributed by atoms with E-state index in [0.717, 1.165) is 0 Å². The molecule has 2 aliphatic heterocycles. The van der Waals surface area contributed by atoms with E-state index in [1.165, 1.54) is 10.9 Å². The van der Waals surface area contributed by atoms with Crippen molar-refractivity contribution in [2.75, 3.05) is 13.2 Å². The highest BCUT2D eigenvalue weighted by Crippen LogP contribution is 2.43. The molecule has 1 saturated heterocycles. The van der Waals surface area contributed by atoms with Crippen LogP contribution in [0.4, 0.5) is 10.2 Å². The minimum Gasteiger partial charge on any atom is -0.393 e. The van der Waals surface area contributed by atoms with Crippen LogP contribution in [0.25, 0.3) is 10.4 Å². The number of nitrogens with two attached hydrogens (primary N) is 1. The zero-order valence-corrected chi connectivity index (χ0v) is 13.2. The van der Waals surface area contributed by atoms with Crippen LogP contribution in [0.3, 0.4) is 0 Å². The van der Waals surface area contributed by atoms with Gasteiger partial charge in [0.05, 0.1) is 12.9 Å². The van der Waals surface area contributed by atoms with Gasteiger partial charge in [0.2, 0.25) is 5.72 Å². The molecule has 1 fully saturated rings. The molecule has 1 aromatic heterocycles. The Morgan fingerprint density at radius 3 is 3.08 bits per heavy atom. The summed E-state index contributed by atoms with van der Waals surface area (Å²) in [5.41, 5.74) is 12.5. The number of imidazole rings is 1. The van der Waals surface area contributed by atoms with Gasteiger partial charge in [0.25, 0.3) is 0 Å². The standard InChI is InChI=1S/C12H17FN8O4/c1-2-24-9-6-8(17-11(14)18-9)21(4-16-6)10-5(13)7(23)12(3-22,25-10)19-20-15/h4-5,7,9-10,22-23H,2-3H2,1H3,(H3,14,17,18)/t5-,7+,9?,10-,12-/m1/s1. The molecule has 0 saturated carbocycles. The number of hydrogen-bond acceptors (Lipinski definition) is 9. The monoisotopic (exact) mass is 356 g/mol. The van der Waals surface area contributed by atoms with Crippen molar-refractivity contribution in [2.24, 2.45) is 15.8 Å². The molecule has 12 nitrogen and oxygen atoms in total. The third-order valence-electron chi connectivity index (χ3n) is 3.96. The number of aliphatic imine (C=N–C) groups is 1. The Hall–Kier alpha value is -2.44. The summed E-state index contributed by atoms with van der Waals surface area (Å²) >= 11 is 0. The van der Waals surface area contributed by atoms with Gasteiger partial charge in [-0.2, -0.15) is 4.99 Å². The Labute approximate surface area is 140 Å². The van der Waals surface area contributed by atoms with Crippen LogP contribution in [-0.4, -0.2) is 56.9 Å². The van der Waals surface area contributed by atoms with Crippen LogP contribution in [0, 0.1) is 0 Å². The third kappa shape index (κ3) is 2.67. The maximum atomic E-state index is 14.6. The van der Waals surface area contributed by atoms with Crippen molar-refractivity contribution in [1.29, 1.82) is 0 Å². The Morgan fingerprint density at radius 1 is 1.68 bits per heavy atom. The second-order valence-electron chi connectivity index (χ2n) is 5.43. The highest BCUT2D eigenvalue weighted by molar-refractivity contribution is 5.82. The van der Waals surface area contributed by atoms with Crippen molar-refractivity contribution in [3.05, 3.63) is 22.5 Å². The molecule has 5 atom stereocenters. The summed E-state index contributed by atoms with van der Waals surface area (Å²) in [5.74, 6) is 0.203. The smallest absolute Gasteiger partial charge is 0.201 e. The van der Waals surface area contributed by atoms with E-state index < -0.39 is 37.1 Å². The van der Waals surface area contributed by atoms with E-state index in [1.54, 1.807) is 6.92 Å². The largest absolute Gasteiger partial charge is 0.393 e. The van der Waals surface area contributed by atoms with Gasteiger partial charge in [-0.15, -0.1) is 0 Å². The summed E-state index contributed by atoms with van der Waals surface area (Å²) in [6.45, 7) is 1.25. The van der Waals surface area contributed by atoms with Gasteiger partial charge in [0, 0.05) is 11.5 Å². The van der Waals surface area contributed by atoms with Gasteiger partial charge in [0.1, 0.15) is 11.8 Å². The van der Waals surface area contributed by atoms with Crippen LogP contribution in [0.1, 0.15) is 25.1 Å². The predicted octanol–water partition coefficient (Wildman–Crippen LogP) is -0.306. The van der Waals surface area contributed by atoms with Crippen molar-refractivity contribution in [3.63, 3.8) is 0 Å². The molecule has 1 unspecified atom stereocenters. The molecular weight excluding hydrogens is 339 g/mol. The van der Waals surface area contributed by atoms with Gasteiger partial charge in [-0.05, 0) is 12.5 Å². The lowest BCUT2D eigenvalue weighted by atomic mass is 10.1. The maximum absolute atomic E-state index is 14.6. The zero-order chi connectivity index (χ0) is 18.2. The van der Waals surface area contributed by atoms with Crippen LogP contribution < -0.4 is 11.1 Å². The number of nitrogens with zero attached hydrogens (tertiary/aromatic N) is 6. The van der Waals surface area contributed by atoms with Crippen molar-refractivity contribution in [2.45, 2.75) is 37.4 Å². The molecule has 0 bridgehead atoms. The van der Waals surface area contributed by atoms with Gasteiger partial charge < -0.3 is 30.7 Å². The molecule has 2 aliphatic rings. The number of aromatic nitrogens is 2. The normalized spacial score (nSPS) is 34.0. The number of halogens is 1. The summed E-state index contributed by atoms with van der Waals surface area (Å²) in [6, 6.07) is 0. The van der Waals surface area contributed by atoms with Crippen LogP contribution in [0.2, 0.25) is 0 Å². The number of azide groups is 1. The topological polar surface area (TPSA) is 176 Å². The van der Waals surface area contributed by atoms with Gasteiger partial charge in [0.15, 0.2) is 30.4 Å². The molecule has 0 aliphatic carbocycles. The molecule has 0 aromatic carbocycles. The summed E-state index contributed by atoms with van der Waals surface area (Å²) < 4.78 is 26.6. The van der Waals surface area contributed by atoms with Crippen LogP contribution >= 0.6 is 0 Å². The van der Waals surface area contributed by atoms with Crippen LogP contribution in [-0.2, 0) is 9.47 Å². The second kappa shape index (κ2) is 6.46. The zero-order valence-electron chi connectivity index (χ0n) is 13.2. The first-order chi connectivity index (χ1) is 12.0.